The van der Waals surface area contributed by atoms with E-state index >= 15 is 0 Å². The molecule has 0 aromatic heterocycles. The van der Waals surface area contributed by atoms with E-state index in [1.54, 1.807) is 6.08 Å². The lowest BCUT2D eigenvalue weighted by atomic mass is 9.95. The van der Waals surface area contributed by atoms with Crippen LogP contribution in [-0.2, 0) is 20.7 Å². The third kappa shape index (κ3) is 11.9. The second kappa shape index (κ2) is 15.9. The summed E-state index contributed by atoms with van der Waals surface area (Å²) in [6.07, 6.45) is 4.71. The summed E-state index contributed by atoms with van der Waals surface area (Å²) in [6, 6.07) is 9.97. The van der Waals surface area contributed by atoms with Crippen LogP contribution >= 0.6 is 22.6 Å². The van der Waals surface area contributed by atoms with E-state index in [0.717, 1.165) is 12.0 Å². The highest BCUT2D eigenvalue weighted by Gasteiger charge is 2.12. The minimum absolute atomic E-state index is 0.0399. The Labute approximate surface area is 192 Å². The molecule has 30 heavy (non-hydrogen) atoms. The second-order valence-corrected chi connectivity index (χ2v) is 7.61. The molecule has 0 heterocycles. The van der Waals surface area contributed by atoms with E-state index in [1.165, 1.54) is 0 Å². The zero-order valence-corrected chi connectivity index (χ0v) is 19.6. The van der Waals surface area contributed by atoms with Crippen LogP contribution in [0.1, 0.15) is 18.9 Å². The van der Waals surface area contributed by atoms with Gasteiger partial charge < -0.3 is 25.8 Å². The predicted molar refractivity (Wildman–Crippen MR) is 127 cm³/mol. The van der Waals surface area contributed by atoms with Crippen LogP contribution in [-0.4, -0.2) is 53.9 Å². The van der Waals surface area contributed by atoms with Crippen molar-refractivity contribution in [3.05, 3.63) is 60.3 Å². The molecule has 0 spiro atoms. The van der Waals surface area contributed by atoms with Crippen molar-refractivity contribution >= 4 is 34.4 Å². The minimum Gasteiger partial charge on any atom is -0.388 e. The fourth-order valence-corrected chi connectivity index (χ4v) is 2.76. The van der Waals surface area contributed by atoms with E-state index in [0.29, 0.717) is 23.1 Å². The number of carbonyl (C=O) groups excluding carboxylic acids is 2. The molecule has 1 aromatic carbocycles. The molecule has 0 aliphatic heterocycles. The standard InChI is InChI=1S/C22H32IN3O4/c1-3-11-24-22(29)15-30-16-26-21(28)14-25-17(2)19(9-10-20(27)13-23)12-18-7-5-4-6-8-18/h4-10,19-20,25,27H,2-3,11-16H2,1H3,(H,24,29)(H,26,28)/b10-9+/t19-,20?/m0/s1. The number of hydrogen-bond acceptors (Lipinski definition) is 5. The Morgan fingerprint density at radius 1 is 1.17 bits per heavy atom. The molecule has 1 aromatic rings. The van der Waals surface area contributed by atoms with Crippen LogP contribution in [0.2, 0.25) is 0 Å². The Balaban J connectivity index is 2.45. The number of nitrogens with one attached hydrogen (secondary N) is 3. The first kappa shape index (κ1) is 26.1. The van der Waals surface area contributed by atoms with E-state index in [1.807, 2.05) is 43.3 Å². The summed E-state index contributed by atoms with van der Waals surface area (Å²) >= 11 is 2.12. The van der Waals surface area contributed by atoms with Crippen LogP contribution < -0.4 is 16.0 Å². The van der Waals surface area contributed by atoms with E-state index in [9.17, 15) is 14.7 Å². The molecule has 1 unspecified atom stereocenters. The van der Waals surface area contributed by atoms with Gasteiger partial charge in [0.1, 0.15) is 13.3 Å². The number of allylic oxidation sites excluding steroid dienone is 1. The Bertz CT molecular complexity index is 682. The van der Waals surface area contributed by atoms with E-state index in [2.05, 4.69) is 45.1 Å². The van der Waals surface area contributed by atoms with E-state index < -0.39 is 6.10 Å². The fourth-order valence-electron chi connectivity index (χ4n) is 2.47. The Morgan fingerprint density at radius 3 is 2.57 bits per heavy atom. The smallest absolute Gasteiger partial charge is 0.246 e. The summed E-state index contributed by atoms with van der Waals surface area (Å²) in [5, 5.41) is 18.2. The lowest BCUT2D eigenvalue weighted by Crippen LogP contribution is -2.37. The molecule has 0 saturated carbocycles. The normalized spacial score (nSPS) is 12.9. The van der Waals surface area contributed by atoms with Gasteiger partial charge in [0, 0.05) is 22.6 Å². The fraction of sp³-hybridized carbons (Fsp3) is 0.455. The lowest BCUT2D eigenvalue weighted by Gasteiger charge is -2.18. The molecule has 2 atom stereocenters. The molecule has 166 valence electrons. The molecule has 0 bridgehead atoms. The summed E-state index contributed by atoms with van der Waals surface area (Å²) in [6.45, 7) is 6.54. The molecular formula is C22H32IN3O4. The topological polar surface area (TPSA) is 99.7 Å². The molecular weight excluding hydrogens is 497 g/mol. The van der Waals surface area contributed by atoms with Gasteiger partial charge in [-0.25, -0.2) is 0 Å². The number of rotatable bonds is 15. The predicted octanol–water partition coefficient (Wildman–Crippen LogP) is 1.92. The first-order valence-corrected chi connectivity index (χ1v) is 11.5. The molecule has 8 heteroatoms. The number of aliphatic hydroxyl groups is 1. The third-order valence-electron chi connectivity index (χ3n) is 4.12. The molecule has 0 aliphatic rings. The molecule has 1 rings (SSSR count). The quantitative estimate of drug-likeness (QED) is 0.0915. The first-order valence-electron chi connectivity index (χ1n) is 9.96. The number of halogens is 1. The van der Waals surface area contributed by atoms with Crippen molar-refractivity contribution in [3.63, 3.8) is 0 Å². The van der Waals surface area contributed by atoms with Gasteiger partial charge in [0.2, 0.25) is 11.8 Å². The molecule has 0 aliphatic carbocycles. The van der Waals surface area contributed by atoms with Gasteiger partial charge in [-0.3, -0.25) is 9.59 Å². The molecule has 0 fully saturated rings. The molecule has 7 nitrogen and oxygen atoms in total. The lowest BCUT2D eigenvalue weighted by molar-refractivity contribution is -0.128. The van der Waals surface area contributed by atoms with Crippen molar-refractivity contribution in [3.8, 4) is 0 Å². The maximum absolute atomic E-state index is 12.0. The van der Waals surface area contributed by atoms with Gasteiger partial charge >= 0.3 is 0 Å². The van der Waals surface area contributed by atoms with Gasteiger partial charge in [0.25, 0.3) is 0 Å². The van der Waals surface area contributed by atoms with Gasteiger partial charge in [-0.15, -0.1) is 0 Å². The summed E-state index contributed by atoms with van der Waals surface area (Å²) < 4.78 is 5.74. The third-order valence-corrected chi connectivity index (χ3v) is 5.02. The van der Waals surface area contributed by atoms with Gasteiger partial charge in [-0.2, -0.15) is 0 Å². The van der Waals surface area contributed by atoms with Crippen LogP contribution in [0.4, 0.5) is 0 Å². The van der Waals surface area contributed by atoms with Gasteiger partial charge in [-0.1, -0.05) is 78.6 Å². The minimum atomic E-state index is -0.522. The average Bonchev–Trinajstić information content (AvgIpc) is 2.76. The average molecular weight is 529 g/mol. The highest BCUT2D eigenvalue weighted by Crippen LogP contribution is 2.16. The van der Waals surface area contributed by atoms with E-state index in [-0.39, 0.29) is 37.6 Å². The Hall–Kier alpha value is -1.91. The maximum Gasteiger partial charge on any atom is 0.246 e. The summed E-state index contributed by atoms with van der Waals surface area (Å²) in [5.41, 5.74) is 1.82. The summed E-state index contributed by atoms with van der Waals surface area (Å²) in [7, 11) is 0. The zero-order valence-electron chi connectivity index (χ0n) is 17.4. The van der Waals surface area contributed by atoms with Crippen LogP contribution in [0.5, 0.6) is 0 Å². The molecule has 0 radical (unpaired) electrons. The van der Waals surface area contributed by atoms with Crippen molar-refractivity contribution in [1.82, 2.24) is 16.0 Å². The molecule has 2 amide bonds. The number of ether oxygens (including phenoxy) is 1. The zero-order chi connectivity index (χ0) is 22.2. The highest BCUT2D eigenvalue weighted by molar-refractivity contribution is 14.1. The highest BCUT2D eigenvalue weighted by atomic mass is 127. The van der Waals surface area contributed by atoms with Gasteiger partial charge in [-0.05, 0) is 18.4 Å². The maximum atomic E-state index is 12.0. The van der Waals surface area contributed by atoms with Crippen LogP contribution in [0, 0.1) is 5.92 Å². The van der Waals surface area contributed by atoms with Crippen molar-refractivity contribution in [2.75, 3.05) is 30.9 Å². The monoisotopic (exact) mass is 529 g/mol. The number of hydrogen-bond donors (Lipinski definition) is 4. The first-order chi connectivity index (χ1) is 14.5. The largest absolute Gasteiger partial charge is 0.388 e. The number of amides is 2. The summed E-state index contributed by atoms with van der Waals surface area (Å²) in [5.74, 6) is -0.544. The molecule has 4 N–H and O–H groups in total. The second-order valence-electron chi connectivity index (χ2n) is 6.72. The van der Waals surface area contributed by atoms with Crippen molar-refractivity contribution in [1.29, 1.82) is 0 Å². The Morgan fingerprint density at radius 2 is 1.90 bits per heavy atom. The van der Waals surface area contributed by atoms with Crippen molar-refractivity contribution < 1.29 is 19.4 Å². The molecule has 0 saturated heterocycles. The van der Waals surface area contributed by atoms with E-state index in [4.69, 9.17) is 4.74 Å². The number of benzene rings is 1. The van der Waals surface area contributed by atoms with Crippen LogP contribution in [0.3, 0.4) is 0 Å². The number of carbonyl (C=O) groups is 2. The Kier molecular flexibility index (Phi) is 13.8. The summed E-state index contributed by atoms with van der Waals surface area (Å²) in [4.78, 5) is 23.4. The van der Waals surface area contributed by atoms with Gasteiger partial charge in [0.15, 0.2) is 0 Å². The SMILES string of the molecule is C=C(NCC(=O)NCOCC(=O)NCCC)[C@@H](/C=C/C(O)CI)Cc1ccccc1. The number of alkyl halides is 1. The number of aliphatic hydroxyl groups excluding tert-OH is 1. The van der Waals surface area contributed by atoms with Crippen LogP contribution in [0.15, 0.2) is 54.8 Å². The van der Waals surface area contributed by atoms with Gasteiger partial charge in [0.05, 0.1) is 12.6 Å². The van der Waals surface area contributed by atoms with Crippen molar-refractivity contribution in [2.24, 2.45) is 5.92 Å². The van der Waals surface area contributed by atoms with Crippen LogP contribution in [0.25, 0.3) is 0 Å². The van der Waals surface area contributed by atoms with Crippen molar-refractivity contribution in [2.45, 2.75) is 25.9 Å².